The first-order chi connectivity index (χ1) is 11.1. The van der Waals surface area contributed by atoms with Gasteiger partial charge in [0, 0.05) is 26.6 Å². The Morgan fingerprint density at radius 1 is 1.17 bits per heavy atom. The Bertz CT molecular complexity index is 578. The highest BCUT2D eigenvalue weighted by Gasteiger charge is 2.40. The summed E-state index contributed by atoms with van der Waals surface area (Å²) in [5.74, 6) is 0.0957. The molecule has 5 heteroatoms. The number of likely N-dealkylation sites (tertiary alicyclic amines) is 1. The highest BCUT2D eigenvalue weighted by Crippen LogP contribution is 2.37. The number of rotatable bonds is 2. The molecule has 1 aromatic rings. The zero-order valence-electron chi connectivity index (χ0n) is 13.8. The van der Waals surface area contributed by atoms with E-state index in [9.17, 15) is 9.59 Å². The van der Waals surface area contributed by atoms with Gasteiger partial charge in [-0.1, -0.05) is 29.8 Å². The Hall–Kier alpha value is -1.88. The van der Waals surface area contributed by atoms with Gasteiger partial charge in [-0.25, -0.2) is 0 Å². The summed E-state index contributed by atoms with van der Waals surface area (Å²) < 4.78 is 5.34. The topological polar surface area (TPSA) is 49.9 Å². The smallest absolute Gasteiger partial charge is 0.228 e. The van der Waals surface area contributed by atoms with E-state index in [4.69, 9.17) is 4.74 Å². The van der Waals surface area contributed by atoms with E-state index in [1.54, 1.807) is 4.90 Å². The van der Waals surface area contributed by atoms with Gasteiger partial charge in [0.1, 0.15) is 0 Å². The summed E-state index contributed by atoms with van der Waals surface area (Å²) in [4.78, 5) is 28.8. The second kappa shape index (κ2) is 6.71. The van der Waals surface area contributed by atoms with Crippen LogP contribution in [0.5, 0.6) is 0 Å². The molecule has 0 unspecified atom stereocenters. The summed E-state index contributed by atoms with van der Waals surface area (Å²) in [5, 5.41) is 0. The van der Waals surface area contributed by atoms with Crippen molar-refractivity contribution in [1.82, 2.24) is 9.80 Å². The number of morpholine rings is 1. The van der Waals surface area contributed by atoms with Crippen LogP contribution in [0.4, 0.5) is 0 Å². The van der Waals surface area contributed by atoms with Gasteiger partial charge in [-0.2, -0.15) is 0 Å². The number of amides is 2. The van der Waals surface area contributed by atoms with Crippen LogP contribution in [-0.2, 0) is 14.3 Å². The number of carbonyl (C=O) groups is 2. The van der Waals surface area contributed by atoms with E-state index in [2.05, 4.69) is 0 Å². The van der Waals surface area contributed by atoms with Gasteiger partial charge in [0.2, 0.25) is 11.8 Å². The molecular formula is C18H24N2O3. The van der Waals surface area contributed by atoms with Crippen molar-refractivity contribution >= 4 is 11.8 Å². The van der Waals surface area contributed by atoms with Crippen molar-refractivity contribution in [1.29, 1.82) is 0 Å². The van der Waals surface area contributed by atoms with Crippen molar-refractivity contribution in [3.8, 4) is 0 Å². The van der Waals surface area contributed by atoms with E-state index in [0.717, 1.165) is 5.56 Å². The third-order valence-electron chi connectivity index (χ3n) is 4.92. The van der Waals surface area contributed by atoms with Crippen molar-refractivity contribution in [2.75, 3.05) is 33.4 Å². The molecule has 23 heavy (non-hydrogen) atoms. The third-order valence-corrected chi connectivity index (χ3v) is 4.92. The maximum Gasteiger partial charge on any atom is 0.228 e. The molecular weight excluding hydrogens is 292 g/mol. The second-order valence-corrected chi connectivity index (χ2v) is 6.44. The summed E-state index contributed by atoms with van der Waals surface area (Å²) in [6.45, 7) is 4.53. The van der Waals surface area contributed by atoms with E-state index >= 15 is 0 Å². The minimum atomic E-state index is -0.174. The third kappa shape index (κ3) is 3.24. The quantitative estimate of drug-likeness (QED) is 0.835. The van der Waals surface area contributed by atoms with Crippen molar-refractivity contribution in [3.63, 3.8) is 0 Å². The van der Waals surface area contributed by atoms with Crippen LogP contribution in [0.2, 0.25) is 0 Å². The zero-order chi connectivity index (χ0) is 16.4. The summed E-state index contributed by atoms with van der Waals surface area (Å²) >= 11 is 0. The number of hydrogen-bond donors (Lipinski definition) is 0. The first kappa shape index (κ1) is 16.0. The van der Waals surface area contributed by atoms with Crippen LogP contribution in [-0.4, -0.2) is 55.0 Å². The lowest BCUT2D eigenvalue weighted by molar-refractivity contribution is -0.149. The van der Waals surface area contributed by atoms with E-state index in [1.807, 2.05) is 43.1 Å². The highest BCUT2D eigenvalue weighted by atomic mass is 16.5. The number of nitrogens with zero attached hydrogens (tertiary/aromatic N) is 2. The highest BCUT2D eigenvalue weighted by molar-refractivity contribution is 5.85. The molecule has 2 aliphatic heterocycles. The average molecular weight is 316 g/mol. The van der Waals surface area contributed by atoms with Crippen LogP contribution in [0, 0.1) is 12.8 Å². The predicted octanol–water partition coefficient (Wildman–Crippen LogP) is 1.76. The summed E-state index contributed by atoms with van der Waals surface area (Å²) in [6.07, 6.45) is 1.07. The zero-order valence-corrected chi connectivity index (χ0v) is 13.8. The molecule has 0 spiro atoms. The molecule has 0 N–H and O–H groups in total. The maximum absolute atomic E-state index is 13.0. The average Bonchev–Trinajstić information content (AvgIpc) is 2.58. The molecule has 2 saturated heterocycles. The number of aryl methyl sites for hydroxylation is 1. The molecule has 0 aliphatic carbocycles. The first-order valence-corrected chi connectivity index (χ1v) is 8.26. The number of hydrogen-bond acceptors (Lipinski definition) is 3. The summed E-state index contributed by atoms with van der Waals surface area (Å²) in [7, 11) is 1.81. The fourth-order valence-corrected chi connectivity index (χ4v) is 3.53. The Morgan fingerprint density at radius 3 is 2.48 bits per heavy atom. The van der Waals surface area contributed by atoms with Gasteiger partial charge in [0.05, 0.1) is 25.2 Å². The molecule has 124 valence electrons. The molecule has 0 bridgehead atoms. The Kier molecular flexibility index (Phi) is 4.66. The monoisotopic (exact) mass is 316 g/mol. The molecule has 2 aliphatic rings. The lowest BCUT2D eigenvalue weighted by Gasteiger charge is -2.41. The largest absolute Gasteiger partial charge is 0.378 e. The minimum absolute atomic E-state index is 0.113. The van der Waals surface area contributed by atoms with Gasteiger partial charge in [-0.15, -0.1) is 0 Å². The fourth-order valence-electron chi connectivity index (χ4n) is 3.53. The van der Waals surface area contributed by atoms with Gasteiger partial charge in [-0.05, 0) is 18.9 Å². The molecule has 2 atom stereocenters. The molecule has 0 saturated carbocycles. The van der Waals surface area contributed by atoms with Gasteiger partial charge in [0.25, 0.3) is 0 Å². The maximum atomic E-state index is 13.0. The molecule has 2 fully saturated rings. The van der Waals surface area contributed by atoms with E-state index in [1.165, 1.54) is 5.56 Å². The SMILES string of the molecule is Cc1ccc([C@H]2[C@H](C(=O)N3CCOCC3)CCC(=O)N2C)cc1. The van der Waals surface area contributed by atoms with Gasteiger partial charge >= 0.3 is 0 Å². The molecule has 0 aromatic heterocycles. The van der Waals surface area contributed by atoms with E-state index in [0.29, 0.717) is 39.1 Å². The van der Waals surface area contributed by atoms with Crippen LogP contribution in [0.3, 0.4) is 0 Å². The van der Waals surface area contributed by atoms with E-state index < -0.39 is 0 Å². The van der Waals surface area contributed by atoms with Crippen LogP contribution in [0.25, 0.3) is 0 Å². The molecule has 2 amide bonds. The number of carbonyl (C=O) groups excluding carboxylic acids is 2. The van der Waals surface area contributed by atoms with Gasteiger partial charge in [-0.3, -0.25) is 9.59 Å². The van der Waals surface area contributed by atoms with Gasteiger partial charge < -0.3 is 14.5 Å². The van der Waals surface area contributed by atoms with Crippen LogP contribution >= 0.6 is 0 Å². The molecule has 5 nitrogen and oxygen atoms in total. The minimum Gasteiger partial charge on any atom is -0.378 e. The van der Waals surface area contributed by atoms with Crippen LogP contribution in [0.1, 0.15) is 30.0 Å². The number of piperidine rings is 1. The van der Waals surface area contributed by atoms with Crippen molar-refractivity contribution in [3.05, 3.63) is 35.4 Å². The van der Waals surface area contributed by atoms with Crippen molar-refractivity contribution in [2.45, 2.75) is 25.8 Å². The predicted molar refractivity (Wildman–Crippen MR) is 86.8 cm³/mol. The van der Waals surface area contributed by atoms with Crippen molar-refractivity contribution in [2.24, 2.45) is 5.92 Å². The molecule has 0 radical (unpaired) electrons. The number of ether oxygens (including phenoxy) is 1. The normalized spacial score (nSPS) is 25.6. The number of benzene rings is 1. The van der Waals surface area contributed by atoms with E-state index in [-0.39, 0.29) is 23.8 Å². The fraction of sp³-hybridized carbons (Fsp3) is 0.556. The second-order valence-electron chi connectivity index (χ2n) is 6.44. The summed E-state index contributed by atoms with van der Waals surface area (Å²) in [6, 6.07) is 7.98. The lowest BCUT2D eigenvalue weighted by atomic mass is 9.83. The molecule has 1 aromatic carbocycles. The molecule has 2 heterocycles. The summed E-state index contributed by atoms with van der Waals surface area (Å²) in [5.41, 5.74) is 2.22. The first-order valence-electron chi connectivity index (χ1n) is 8.26. The van der Waals surface area contributed by atoms with Crippen molar-refractivity contribution < 1.29 is 14.3 Å². The molecule has 3 rings (SSSR count). The Morgan fingerprint density at radius 2 is 1.83 bits per heavy atom. The Labute approximate surface area is 137 Å². The van der Waals surface area contributed by atoms with Crippen LogP contribution < -0.4 is 0 Å². The van der Waals surface area contributed by atoms with Gasteiger partial charge in [0.15, 0.2) is 0 Å². The Balaban J connectivity index is 1.87. The standard InChI is InChI=1S/C18H24N2O3/c1-13-3-5-14(6-4-13)17-15(7-8-16(21)19(17)2)18(22)20-9-11-23-12-10-20/h3-6,15,17H,7-12H2,1-2H3/t15-,17+/m1/s1. The van der Waals surface area contributed by atoms with Crippen LogP contribution in [0.15, 0.2) is 24.3 Å². The lowest BCUT2D eigenvalue weighted by Crippen LogP contribution is -2.50.